The average Bonchev–Trinajstić information content (AvgIpc) is 3.09. The van der Waals surface area contributed by atoms with Crippen LogP contribution in [0.1, 0.15) is 32.3 Å². The second kappa shape index (κ2) is 8.95. The van der Waals surface area contributed by atoms with Crippen LogP contribution in [0.4, 0.5) is 0 Å². The summed E-state index contributed by atoms with van der Waals surface area (Å²) < 4.78 is 0. The van der Waals surface area contributed by atoms with Crippen molar-refractivity contribution in [3.8, 4) is 0 Å². The molecule has 1 atom stereocenters. The molecule has 2 fully saturated rings. The van der Waals surface area contributed by atoms with Crippen LogP contribution in [-0.4, -0.2) is 71.2 Å². The molecule has 0 aliphatic carbocycles. The van der Waals surface area contributed by atoms with Gasteiger partial charge in [0.1, 0.15) is 0 Å². The van der Waals surface area contributed by atoms with Gasteiger partial charge in [0.15, 0.2) is 0 Å². The molecule has 2 aliphatic rings. The molecule has 28 heavy (non-hydrogen) atoms. The fourth-order valence-corrected chi connectivity index (χ4v) is 4.02. The molecule has 0 aromatic heterocycles. The average molecular weight is 406 g/mol. The van der Waals surface area contributed by atoms with Crippen LogP contribution >= 0.6 is 11.6 Å². The largest absolute Gasteiger partial charge is 0.339 e. The lowest BCUT2D eigenvalue weighted by Crippen LogP contribution is -2.52. The highest BCUT2D eigenvalue weighted by Crippen LogP contribution is 2.23. The minimum atomic E-state index is -0.248. The Morgan fingerprint density at radius 3 is 2.25 bits per heavy atom. The molecule has 1 aromatic carbocycles. The van der Waals surface area contributed by atoms with Crippen molar-refractivity contribution in [3.63, 3.8) is 0 Å². The summed E-state index contributed by atoms with van der Waals surface area (Å²) in [5, 5.41) is 0.691. The maximum absolute atomic E-state index is 12.8. The molecule has 7 heteroatoms. The van der Waals surface area contributed by atoms with Gasteiger partial charge in [-0.3, -0.25) is 14.4 Å². The summed E-state index contributed by atoms with van der Waals surface area (Å²) in [6, 6.07) is 7.67. The first kappa shape index (κ1) is 20.6. The number of likely N-dealkylation sites (tertiary alicyclic amines) is 1. The highest BCUT2D eigenvalue weighted by atomic mass is 35.5. The number of piperazine rings is 1. The third-order valence-corrected chi connectivity index (χ3v) is 5.87. The van der Waals surface area contributed by atoms with Gasteiger partial charge in [0.25, 0.3) is 0 Å². The van der Waals surface area contributed by atoms with E-state index in [2.05, 4.69) is 0 Å². The monoisotopic (exact) mass is 405 g/mol. The zero-order valence-electron chi connectivity index (χ0n) is 16.6. The van der Waals surface area contributed by atoms with Gasteiger partial charge in [0, 0.05) is 56.6 Å². The van der Waals surface area contributed by atoms with E-state index in [0.29, 0.717) is 57.0 Å². The topological polar surface area (TPSA) is 60.9 Å². The van der Waals surface area contributed by atoms with Gasteiger partial charge < -0.3 is 14.7 Å². The molecule has 0 N–H and O–H groups in total. The van der Waals surface area contributed by atoms with Gasteiger partial charge in [-0.25, -0.2) is 0 Å². The second-order valence-corrected chi connectivity index (χ2v) is 8.31. The van der Waals surface area contributed by atoms with Crippen LogP contribution in [0, 0.1) is 5.92 Å². The van der Waals surface area contributed by atoms with Crippen molar-refractivity contribution in [1.82, 2.24) is 14.7 Å². The molecule has 0 spiro atoms. The van der Waals surface area contributed by atoms with Crippen molar-refractivity contribution in [3.05, 3.63) is 34.9 Å². The first-order chi connectivity index (χ1) is 13.3. The fraction of sp³-hybridized carbons (Fsp3) is 0.571. The lowest BCUT2D eigenvalue weighted by molar-refractivity contribution is -0.142. The molecule has 1 unspecified atom stereocenters. The van der Waals surface area contributed by atoms with Crippen molar-refractivity contribution in [2.45, 2.75) is 39.2 Å². The molecule has 0 bridgehead atoms. The Morgan fingerprint density at radius 2 is 1.68 bits per heavy atom. The SMILES string of the molecule is CC(C)N1CC(C(=O)N2CCN(C(=O)CCc3ccc(Cl)cc3)CC2)CC1=O. The zero-order valence-corrected chi connectivity index (χ0v) is 17.3. The van der Waals surface area contributed by atoms with Gasteiger partial charge in [-0.15, -0.1) is 0 Å². The van der Waals surface area contributed by atoms with Gasteiger partial charge in [-0.1, -0.05) is 23.7 Å². The number of hydrogen-bond acceptors (Lipinski definition) is 3. The predicted octanol–water partition coefficient (Wildman–Crippen LogP) is 2.20. The van der Waals surface area contributed by atoms with Crippen LogP contribution in [0.25, 0.3) is 0 Å². The molecule has 6 nitrogen and oxygen atoms in total. The molecule has 0 radical (unpaired) electrons. The molecule has 2 saturated heterocycles. The summed E-state index contributed by atoms with van der Waals surface area (Å²) in [5.41, 5.74) is 1.09. The molecular weight excluding hydrogens is 378 g/mol. The minimum Gasteiger partial charge on any atom is -0.339 e. The standard InChI is InChI=1S/C21H28ClN3O3/c1-15(2)25-14-17(13-20(25)27)21(28)24-11-9-23(10-12-24)19(26)8-5-16-3-6-18(22)7-4-16/h3-4,6-7,15,17H,5,8-14H2,1-2H3. The summed E-state index contributed by atoms with van der Waals surface area (Å²) in [6.45, 7) is 6.64. The van der Waals surface area contributed by atoms with E-state index >= 15 is 0 Å². The predicted molar refractivity (Wildman–Crippen MR) is 108 cm³/mol. The van der Waals surface area contributed by atoms with E-state index in [1.807, 2.05) is 47.9 Å². The summed E-state index contributed by atoms with van der Waals surface area (Å²) in [6.07, 6.45) is 1.44. The van der Waals surface area contributed by atoms with Crippen LogP contribution in [0.15, 0.2) is 24.3 Å². The van der Waals surface area contributed by atoms with E-state index in [-0.39, 0.29) is 29.7 Å². The van der Waals surface area contributed by atoms with Crippen LogP contribution in [0.5, 0.6) is 0 Å². The van der Waals surface area contributed by atoms with Crippen LogP contribution in [0.2, 0.25) is 5.02 Å². The number of carbonyl (C=O) groups excluding carboxylic acids is 3. The highest BCUT2D eigenvalue weighted by molar-refractivity contribution is 6.30. The lowest BCUT2D eigenvalue weighted by Gasteiger charge is -2.36. The number of rotatable bonds is 5. The van der Waals surface area contributed by atoms with Crippen molar-refractivity contribution in [2.24, 2.45) is 5.92 Å². The number of benzene rings is 1. The number of carbonyl (C=O) groups is 3. The lowest BCUT2D eigenvalue weighted by atomic mass is 10.1. The van der Waals surface area contributed by atoms with Gasteiger partial charge >= 0.3 is 0 Å². The summed E-state index contributed by atoms with van der Waals surface area (Å²) in [5.74, 6) is -0.0275. The smallest absolute Gasteiger partial charge is 0.228 e. The maximum Gasteiger partial charge on any atom is 0.228 e. The van der Waals surface area contributed by atoms with Gasteiger partial charge in [-0.05, 0) is 38.0 Å². The molecule has 3 rings (SSSR count). The van der Waals surface area contributed by atoms with E-state index in [1.54, 1.807) is 4.90 Å². The molecule has 3 amide bonds. The molecule has 2 heterocycles. The second-order valence-electron chi connectivity index (χ2n) is 7.87. The van der Waals surface area contributed by atoms with Crippen LogP contribution in [0.3, 0.4) is 0 Å². The maximum atomic E-state index is 12.8. The number of amides is 3. The summed E-state index contributed by atoms with van der Waals surface area (Å²) in [4.78, 5) is 42.7. The van der Waals surface area contributed by atoms with E-state index in [0.717, 1.165) is 5.56 Å². The number of aryl methyl sites for hydroxylation is 1. The zero-order chi connectivity index (χ0) is 20.3. The first-order valence-electron chi connectivity index (χ1n) is 9.95. The Bertz CT molecular complexity index is 727. The molecular formula is C21H28ClN3O3. The molecule has 2 aliphatic heterocycles. The Labute approximate surface area is 171 Å². The van der Waals surface area contributed by atoms with Crippen LogP contribution < -0.4 is 0 Å². The normalized spacial score (nSPS) is 20.2. The highest BCUT2D eigenvalue weighted by Gasteiger charge is 2.38. The fourth-order valence-electron chi connectivity index (χ4n) is 3.89. The first-order valence-corrected chi connectivity index (χ1v) is 10.3. The minimum absolute atomic E-state index is 0.0461. The Kier molecular flexibility index (Phi) is 6.60. The van der Waals surface area contributed by atoms with Gasteiger partial charge in [-0.2, -0.15) is 0 Å². The Hall–Kier alpha value is -2.08. The van der Waals surface area contributed by atoms with Crippen LogP contribution in [-0.2, 0) is 20.8 Å². The number of halogens is 1. The quantitative estimate of drug-likeness (QED) is 0.754. The summed E-state index contributed by atoms with van der Waals surface area (Å²) >= 11 is 5.89. The third kappa shape index (κ3) is 4.85. The Balaban J connectivity index is 1.45. The van der Waals surface area contributed by atoms with E-state index in [4.69, 9.17) is 11.6 Å². The third-order valence-electron chi connectivity index (χ3n) is 5.62. The van der Waals surface area contributed by atoms with Crippen molar-refractivity contribution >= 4 is 29.3 Å². The van der Waals surface area contributed by atoms with E-state index < -0.39 is 0 Å². The number of hydrogen-bond donors (Lipinski definition) is 0. The summed E-state index contributed by atoms with van der Waals surface area (Å²) in [7, 11) is 0. The number of nitrogens with zero attached hydrogens (tertiary/aromatic N) is 3. The van der Waals surface area contributed by atoms with E-state index in [9.17, 15) is 14.4 Å². The van der Waals surface area contributed by atoms with Crippen molar-refractivity contribution in [1.29, 1.82) is 0 Å². The Morgan fingerprint density at radius 1 is 1.07 bits per heavy atom. The van der Waals surface area contributed by atoms with Crippen molar-refractivity contribution < 1.29 is 14.4 Å². The van der Waals surface area contributed by atoms with Gasteiger partial charge in [0.2, 0.25) is 17.7 Å². The molecule has 0 saturated carbocycles. The van der Waals surface area contributed by atoms with Gasteiger partial charge in [0.05, 0.1) is 5.92 Å². The van der Waals surface area contributed by atoms with E-state index in [1.165, 1.54) is 0 Å². The molecule has 1 aromatic rings. The van der Waals surface area contributed by atoms with Crippen molar-refractivity contribution in [2.75, 3.05) is 32.7 Å². The molecule has 152 valence electrons.